The molecule has 8 heteroatoms. The minimum absolute atomic E-state index is 0.0665. The van der Waals surface area contributed by atoms with Crippen LogP contribution in [0.15, 0.2) is 60.8 Å². The summed E-state index contributed by atoms with van der Waals surface area (Å²) in [6.07, 6.45) is 1.32. The zero-order chi connectivity index (χ0) is 20.1. The monoisotopic (exact) mass is 383 g/mol. The molecule has 3 aromatic rings. The number of amides is 1. The zero-order valence-corrected chi connectivity index (χ0v) is 14.7. The van der Waals surface area contributed by atoms with Crippen LogP contribution in [0.4, 0.5) is 26.0 Å². The van der Waals surface area contributed by atoms with Crippen LogP contribution in [0.25, 0.3) is 0 Å². The summed E-state index contributed by atoms with van der Waals surface area (Å²) in [7, 11) is 1.29. The van der Waals surface area contributed by atoms with Gasteiger partial charge in [-0.25, -0.2) is 18.6 Å². The number of anilines is 3. The van der Waals surface area contributed by atoms with Crippen LogP contribution in [0.1, 0.15) is 20.7 Å². The Morgan fingerprint density at radius 1 is 0.964 bits per heavy atom. The van der Waals surface area contributed by atoms with Crippen molar-refractivity contribution in [3.63, 3.8) is 0 Å². The average Bonchev–Trinajstić information content (AvgIpc) is 2.70. The molecule has 0 bridgehead atoms. The number of carbonyl (C=O) groups excluding carboxylic acids is 2. The molecule has 0 fully saturated rings. The third kappa shape index (κ3) is 4.47. The Balaban J connectivity index is 1.65. The lowest BCUT2D eigenvalue weighted by Crippen LogP contribution is -2.12. The number of esters is 1. The third-order valence-electron chi connectivity index (χ3n) is 3.78. The van der Waals surface area contributed by atoms with Crippen molar-refractivity contribution in [1.29, 1.82) is 0 Å². The first-order valence-corrected chi connectivity index (χ1v) is 8.14. The van der Waals surface area contributed by atoms with Crippen molar-refractivity contribution in [2.24, 2.45) is 0 Å². The summed E-state index contributed by atoms with van der Waals surface area (Å²) >= 11 is 0. The van der Waals surface area contributed by atoms with Crippen LogP contribution in [0.2, 0.25) is 0 Å². The molecule has 1 heterocycles. The van der Waals surface area contributed by atoms with Gasteiger partial charge in [0.05, 0.1) is 23.9 Å². The van der Waals surface area contributed by atoms with Crippen molar-refractivity contribution in [1.82, 2.24) is 4.98 Å². The molecule has 0 unspecified atom stereocenters. The Labute approximate surface area is 159 Å². The highest BCUT2D eigenvalue weighted by Crippen LogP contribution is 2.20. The minimum atomic E-state index is -0.751. The van der Waals surface area contributed by atoms with Gasteiger partial charge in [-0.1, -0.05) is 0 Å². The molecule has 1 aromatic heterocycles. The maximum absolute atomic E-state index is 13.7. The Morgan fingerprint density at radius 3 is 2.29 bits per heavy atom. The van der Waals surface area contributed by atoms with Gasteiger partial charge in [-0.15, -0.1) is 0 Å². The number of ether oxygens (including phenoxy) is 1. The molecule has 1 amide bonds. The van der Waals surface area contributed by atoms with E-state index in [0.717, 1.165) is 12.1 Å². The van der Waals surface area contributed by atoms with Gasteiger partial charge >= 0.3 is 5.97 Å². The Morgan fingerprint density at radius 2 is 1.68 bits per heavy atom. The van der Waals surface area contributed by atoms with Gasteiger partial charge in [-0.05, 0) is 48.5 Å². The Kier molecular flexibility index (Phi) is 5.59. The number of nitrogens with zero attached hydrogens (tertiary/aromatic N) is 1. The molecular formula is C20H15F2N3O3. The lowest BCUT2D eigenvalue weighted by atomic mass is 10.2. The van der Waals surface area contributed by atoms with Crippen molar-refractivity contribution in [3.05, 3.63) is 83.6 Å². The van der Waals surface area contributed by atoms with Gasteiger partial charge < -0.3 is 15.4 Å². The van der Waals surface area contributed by atoms with Crippen LogP contribution in [0, 0.1) is 11.6 Å². The van der Waals surface area contributed by atoms with E-state index in [9.17, 15) is 18.4 Å². The molecule has 0 atom stereocenters. The molecule has 142 valence electrons. The quantitative estimate of drug-likeness (QED) is 0.647. The average molecular weight is 383 g/mol. The summed E-state index contributed by atoms with van der Waals surface area (Å²) in [4.78, 5) is 27.7. The Hall–Kier alpha value is -3.81. The first-order chi connectivity index (χ1) is 13.5. The van der Waals surface area contributed by atoms with Crippen molar-refractivity contribution < 1.29 is 23.1 Å². The molecule has 2 aromatic carbocycles. The predicted octanol–water partition coefficient (Wildman–Crippen LogP) is 4.14. The molecule has 3 rings (SSSR count). The molecule has 0 aliphatic heterocycles. The molecule has 6 nitrogen and oxygen atoms in total. The van der Waals surface area contributed by atoms with E-state index in [1.165, 1.54) is 43.6 Å². The fourth-order valence-corrected chi connectivity index (χ4v) is 2.34. The van der Waals surface area contributed by atoms with Crippen molar-refractivity contribution >= 4 is 29.1 Å². The van der Waals surface area contributed by atoms with E-state index in [2.05, 4.69) is 20.4 Å². The van der Waals surface area contributed by atoms with Gasteiger partial charge in [0.25, 0.3) is 5.91 Å². The molecule has 28 heavy (non-hydrogen) atoms. The maximum atomic E-state index is 13.7. The second-order valence-corrected chi connectivity index (χ2v) is 5.70. The van der Waals surface area contributed by atoms with E-state index in [0.29, 0.717) is 17.1 Å². The second-order valence-electron chi connectivity index (χ2n) is 5.70. The van der Waals surface area contributed by atoms with Gasteiger partial charge in [0.15, 0.2) is 0 Å². The van der Waals surface area contributed by atoms with Gasteiger partial charge in [-0.2, -0.15) is 0 Å². The number of carbonyl (C=O) groups is 2. The number of rotatable bonds is 5. The highest BCUT2D eigenvalue weighted by molar-refractivity contribution is 6.04. The minimum Gasteiger partial charge on any atom is -0.465 e. The van der Waals surface area contributed by atoms with Crippen molar-refractivity contribution in [2.75, 3.05) is 17.7 Å². The topological polar surface area (TPSA) is 80.3 Å². The molecular weight excluding hydrogens is 368 g/mol. The summed E-state index contributed by atoms with van der Waals surface area (Å²) in [6, 6.07) is 12.4. The molecule has 0 aliphatic rings. The zero-order valence-electron chi connectivity index (χ0n) is 14.7. The summed E-state index contributed by atoms with van der Waals surface area (Å²) in [5.41, 5.74) is 1.21. The summed E-state index contributed by atoms with van der Waals surface area (Å²) in [6.45, 7) is 0. The number of hydrogen-bond acceptors (Lipinski definition) is 5. The van der Waals surface area contributed by atoms with Crippen LogP contribution in [-0.2, 0) is 4.74 Å². The molecule has 2 N–H and O–H groups in total. The summed E-state index contributed by atoms with van der Waals surface area (Å²) < 4.78 is 31.2. The van der Waals surface area contributed by atoms with Gasteiger partial charge in [0.2, 0.25) is 0 Å². The van der Waals surface area contributed by atoms with Crippen LogP contribution in [0.3, 0.4) is 0 Å². The number of hydrogen-bond donors (Lipinski definition) is 2. The SMILES string of the molecule is COC(=O)c1ccc(NC(=O)c2ccc(Nc3ccc(F)cc3F)nc2)cc1. The number of benzene rings is 2. The highest BCUT2D eigenvalue weighted by atomic mass is 19.1. The first kappa shape index (κ1) is 19.0. The second kappa shape index (κ2) is 8.26. The molecule has 0 saturated heterocycles. The summed E-state index contributed by atoms with van der Waals surface area (Å²) in [5.74, 6) is -2.01. The number of aromatic nitrogens is 1. The van der Waals surface area contributed by atoms with Crippen LogP contribution >= 0.6 is 0 Å². The largest absolute Gasteiger partial charge is 0.465 e. The normalized spacial score (nSPS) is 10.2. The fraction of sp³-hybridized carbons (Fsp3) is 0.0500. The summed E-state index contributed by atoms with van der Waals surface area (Å²) in [5, 5.41) is 5.38. The van der Waals surface area contributed by atoms with E-state index in [1.807, 2.05) is 0 Å². The maximum Gasteiger partial charge on any atom is 0.337 e. The standard InChI is InChI=1S/C20H15F2N3O3/c1-28-20(27)12-2-6-15(7-3-12)24-19(26)13-4-9-18(23-11-13)25-17-8-5-14(21)10-16(17)22/h2-11H,1H3,(H,23,25)(H,24,26). The van der Waals surface area contributed by atoms with E-state index in [1.54, 1.807) is 12.1 Å². The third-order valence-corrected chi connectivity index (χ3v) is 3.78. The number of methoxy groups -OCH3 is 1. The van der Waals surface area contributed by atoms with Gasteiger partial charge in [0, 0.05) is 18.0 Å². The molecule has 0 spiro atoms. The lowest BCUT2D eigenvalue weighted by Gasteiger charge is -2.08. The molecule has 0 radical (unpaired) electrons. The number of pyridine rings is 1. The predicted molar refractivity (Wildman–Crippen MR) is 99.6 cm³/mol. The molecule has 0 saturated carbocycles. The highest BCUT2D eigenvalue weighted by Gasteiger charge is 2.10. The van der Waals surface area contributed by atoms with Gasteiger partial charge in [-0.3, -0.25) is 4.79 Å². The van der Waals surface area contributed by atoms with Gasteiger partial charge in [0.1, 0.15) is 17.5 Å². The molecule has 0 aliphatic carbocycles. The first-order valence-electron chi connectivity index (χ1n) is 8.14. The van der Waals surface area contributed by atoms with Crippen LogP contribution < -0.4 is 10.6 Å². The number of nitrogens with one attached hydrogen (secondary N) is 2. The van der Waals surface area contributed by atoms with Crippen LogP contribution in [-0.4, -0.2) is 24.0 Å². The van der Waals surface area contributed by atoms with E-state index >= 15 is 0 Å². The number of halogens is 2. The van der Waals surface area contributed by atoms with Crippen molar-refractivity contribution in [3.8, 4) is 0 Å². The fourth-order valence-electron chi connectivity index (χ4n) is 2.34. The van der Waals surface area contributed by atoms with E-state index in [-0.39, 0.29) is 11.3 Å². The van der Waals surface area contributed by atoms with Crippen LogP contribution in [0.5, 0.6) is 0 Å². The van der Waals surface area contributed by atoms with Crippen molar-refractivity contribution in [2.45, 2.75) is 0 Å². The Bertz CT molecular complexity index is 1010. The van der Waals surface area contributed by atoms with E-state index in [4.69, 9.17) is 0 Å². The smallest absolute Gasteiger partial charge is 0.337 e. The lowest BCUT2D eigenvalue weighted by molar-refractivity contribution is 0.0600. The van der Waals surface area contributed by atoms with E-state index < -0.39 is 23.5 Å².